The first-order chi connectivity index (χ1) is 9.44. The molecule has 0 saturated carbocycles. The summed E-state index contributed by atoms with van der Waals surface area (Å²) in [5, 5.41) is 0.489. The largest absolute Gasteiger partial charge is 0.489 e. The van der Waals surface area contributed by atoms with Crippen molar-refractivity contribution in [2.75, 3.05) is 17.2 Å². The molecule has 1 aromatic heterocycles. The van der Waals surface area contributed by atoms with Crippen molar-refractivity contribution in [2.45, 2.75) is 30.0 Å². The van der Waals surface area contributed by atoms with Crippen LogP contribution in [0.1, 0.15) is 13.8 Å². The Hall–Kier alpha value is -2.15. The smallest absolute Gasteiger partial charge is 0.196 e. The van der Waals surface area contributed by atoms with Crippen molar-refractivity contribution in [3.8, 4) is 5.75 Å². The fourth-order valence-corrected chi connectivity index (χ4v) is 2.36. The van der Waals surface area contributed by atoms with E-state index in [2.05, 4.69) is 9.97 Å². The summed E-state index contributed by atoms with van der Waals surface area (Å²) in [7, 11) is 0. The minimum atomic E-state index is 0.0526. The van der Waals surface area contributed by atoms with Gasteiger partial charge >= 0.3 is 0 Å². The lowest BCUT2D eigenvalue weighted by Gasteiger charge is -2.13. The Balaban J connectivity index is 2.25. The van der Waals surface area contributed by atoms with Gasteiger partial charge in [-0.1, -0.05) is 0 Å². The van der Waals surface area contributed by atoms with E-state index >= 15 is 0 Å². The number of anilines is 3. The number of rotatable bonds is 4. The van der Waals surface area contributed by atoms with E-state index in [1.807, 2.05) is 26.0 Å². The predicted octanol–water partition coefficient (Wildman–Crippen LogP) is 2.16. The van der Waals surface area contributed by atoms with Crippen LogP contribution in [0.4, 0.5) is 17.3 Å². The summed E-state index contributed by atoms with van der Waals surface area (Å²) in [5.41, 5.74) is 17.8. The van der Waals surface area contributed by atoms with Gasteiger partial charge in [0.2, 0.25) is 0 Å². The monoisotopic (exact) mass is 291 g/mol. The standard InChI is InChI=1S/C13H17N5OS/c1-7(2)19-10-5-8(3-4-9(10)14)20-13-17-11(15)6-12(16)18-13/h3-7H,14H2,1-2H3,(H4,15,16,17,18). The van der Waals surface area contributed by atoms with Gasteiger partial charge in [0, 0.05) is 11.0 Å². The number of hydrogen-bond donors (Lipinski definition) is 3. The SMILES string of the molecule is CC(C)Oc1cc(Sc2nc(N)cc(N)n2)ccc1N. The van der Waals surface area contributed by atoms with Crippen LogP contribution in [0.25, 0.3) is 0 Å². The van der Waals surface area contributed by atoms with E-state index in [9.17, 15) is 0 Å². The Morgan fingerprint density at radius 3 is 2.30 bits per heavy atom. The van der Waals surface area contributed by atoms with Crippen molar-refractivity contribution < 1.29 is 4.74 Å². The molecule has 0 bridgehead atoms. The van der Waals surface area contributed by atoms with Gasteiger partial charge in [-0.3, -0.25) is 0 Å². The van der Waals surface area contributed by atoms with Crippen molar-refractivity contribution in [1.29, 1.82) is 0 Å². The minimum absolute atomic E-state index is 0.0526. The molecule has 0 fully saturated rings. The third-order valence-corrected chi connectivity index (χ3v) is 3.16. The molecule has 1 aromatic carbocycles. The maximum absolute atomic E-state index is 5.87. The van der Waals surface area contributed by atoms with Gasteiger partial charge in [0.25, 0.3) is 0 Å². The summed E-state index contributed by atoms with van der Waals surface area (Å²) in [6.07, 6.45) is 0.0526. The number of nitrogens with two attached hydrogens (primary N) is 3. The van der Waals surface area contributed by atoms with E-state index in [0.29, 0.717) is 28.2 Å². The first kappa shape index (κ1) is 14.3. The first-order valence-corrected chi connectivity index (χ1v) is 6.90. The van der Waals surface area contributed by atoms with E-state index < -0.39 is 0 Å². The number of ether oxygens (including phenoxy) is 1. The molecule has 0 saturated heterocycles. The number of nitrogen functional groups attached to an aromatic ring is 3. The van der Waals surface area contributed by atoms with Crippen LogP contribution < -0.4 is 21.9 Å². The molecule has 2 rings (SSSR count). The van der Waals surface area contributed by atoms with Crippen LogP contribution >= 0.6 is 11.8 Å². The number of benzene rings is 1. The summed E-state index contributed by atoms with van der Waals surface area (Å²) < 4.78 is 5.64. The van der Waals surface area contributed by atoms with E-state index in [1.54, 1.807) is 6.07 Å². The summed E-state index contributed by atoms with van der Waals surface area (Å²) in [4.78, 5) is 9.14. The van der Waals surface area contributed by atoms with E-state index in [1.165, 1.54) is 17.8 Å². The second-order valence-electron chi connectivity index (χ2n) is 4.47. The third-order valence-electron chi connectivity index (χ3n) is 2.30. The Kier molecular flexibility index (Phi) is 4.19. The summed E-state index contributed by atoms with van der Waals surface area (Å²) >= 11 is 1.35. The lowest BCUT2D eigenvalue weighted by molar-refractivity contribution is 0.243. The fraction of sp³-hybridized carbons (Fsp3) is 0.231. The highest BCUT2D eigenvalue weighted by Gasteiger charge is 2.08. The second kappa shape index (κ2) is 5.87. The van der Waals surface area contributed by atoms with Gasteiger partial charge in [-0.15, -0.1) is 0 Å². The molecule has 0 aliphatic carbocycles. The molecular formula is C13H17N5OS. The molecule has 0 radical (unpaired) electrons. The van der Waals surface area contributed by atoms with Crippen molar-refractivity contribution >= 4 is 29.1 Å². The minimum Gasteiger partial charge on any atom is -0.489 e. The predicted molar refractivity (Wildman–Crippen MR) is 81.6 cm³/mol. The van der Waals surface area contributed by atoms with Crippen molar-refractivity contribution in [2.24, 2.45) is 0 Å². The number of nitrogens with zero attached hydrogens (tertiary/aromatic N) is 2. The van der Waals surface area contributed by atoms with E-state index in [4.69, 9.17) is 21.9 Å². The molecule has 106 valence electrons. The second-order valence-corrected chi connectivity index (χ2v) is 5.51. The summed E-state index contributed by atoms with van der Waals surface area (Å²) in [6, 6.07) is 7.02. The van der Waals surface area contributed by atoms with E-state index in [0.717, 1.165) is 4.90 Å². The van der Waals surface area contributed by atoms with Crippen LogP contribution in [-0.4, -0.2) is 16.1 Å². The van der Waals surface area contributed by atoms with Gasteiger partial charge in [-0.05, 0) is 43.8 Å². The Labute approximate surface area is 121 Å². The topological polar surface area (TPSA) is 113 Å². The van der Waals surface area contributed by atoms with Crippen LogP contribution in [0.3, 0.4) is 0 Å². The normalized spacial score (nSPS) is 10.8. The quantitative estimate of drug-likeness (QED) is 0.584. The maximum Gasteiger partial charge on any atom is 0.196 e. The highest BCUT2D eigenvalue weighted by atomic mass is 32.2. The van der Waals surface area contributed by atoms with Crippen molar-refractivity contribution in [1.82, 2.24) is 9.97 Å². The molecule has 20 heavy (non-hydrogen) atoms. The highest BCUT2D eigenvalue weighted by Crippen LogP contribution is 2.32. The molecule has 6 N–H and O–H groups in total. The van der Waals surface area contributed by atoms with Crippen LogP contribution in [0.15, 0.2) is 34.3 Å². The average molecular weight is 291 g/mol. The molecule has 7 heteroatoms. The van der Waals surface area contributed by atoms with Crippen molar-refractivity contribution in [3.63, 3.8) is 0 Å². The van der Waals surface area contributed by atoms with Gasteiger partial charge < -0.3 is 21.9 Å². The molecule has 6 nitrogen and oxygen atoms in total. The zero-order valence-electron chi connectivity index (χ0n) is 11.3. The number of hydrogen-bond acceptors (Lipinski definition) is 7. The molecule has 0 amide bonds. The van der Waals surface area contributed by atoms with Gasteiger partial charge in [-0.25, -0.2) is 9.97 Å². The molecule has 1 heterocycles. The molecule has 2 aromatic rings. The van der Waals surface area contributed by atoms with Gasteiger partial charge in [-0.2, -0.15) is 0 Å². The zero-order chi connectivity index (χ0) is 14.7. The fourth-order valence-electron chi connectivity index (χ4n) is 1.55. The average Bonchev–Trinajstić information content (AvgIpc) is 2.31. The molecule has 0 aliphatic heterocycles. The molecule has 0 unspecified atom stereocenters. The molecule has 0 atom stereocenters. The molecule has 0 aliphatic rings. The van der Waals surface area contributed by atoms with Crippen LogP contribution in [0.2, 0.25) is 0 Å². The van der Waals surface area contributed by atoms with Gasteiger partial charge in [0.15, 0.2) is 5.16 Å². The highest BCUT2D eigenvalue weighted by molar-refractivity contribution is 7.99. The zero-order valence-corrected chi connectivity index (χ0v) is 12.1. The van der Waals surface area contributed by atoms with Crippen LogP contribution in [0.5, 0.6) is 5.75 Å². The summed E-state index contributed by atoms with van der Waals surface area (Å²) in [6.45, 7) is 3.89. The van der Waals surface area contributed by atoms with Gasteiger partial charge in [0.05, 0.1) is 11.8 Å². The lowest BCUT2D eigenvalue weighted by Crippen LogP contribution is -2.07. The van der Waals surface area contributed by atoms with Gasteiger partial charge in [0.1, 0.15) is 17.4 Å². The van der Waals surface area contributed by atoms with E-state index in [-0.39, 0.29) is 6.10 Å². The lowest BCUT2D eigenvalue weighted by atomic mass is 10.3. The van der Waals surface area contributed by atoms with Crippen molar-refractivity contribution in [3.05, 3.63) is 24.3 Å². The summed E-state index contributed by atoms with van der Waals surface area (Å²) in [5.74, 6) is 1.32. The van der Waals surface area contributed by atoms with Crippen LogP contribution in [-0.2, 0) is 0 Å². The molecular weight excluding hydrogens is 274 g/mol. The van der Waals surface area contributed by atoms with Crippen LogP contribution in [0, 0.1) is 0 Å². The molecule has 0 spiro atoms. The maximum atomic E-state index is 5.87. The Morgan fingerprint density at radius 2 is 1.70 bits per heavy atom. The first-order valence-electron chi connectivity index (χ1n) is 6.08. The third kappa shape index (κ3) is 3.67. The Bertz CT molecular complexity index is 597. The number of aromatic nitrogens is 2. The Morgan fingerprint density at radius 1 is 1.05 bits per heavy atom.